The smallest absolute Gasteiger partial charge is 0.329 e. The van der Waals surface area contributed by atoms with Gasteiger partial charge in [0.1, 0.15) is 6.04 Å². The third-order valence-electron chi connectivity index (χ3n) is 3.05. The van der Waals surface area contributed by atoms with Crippen molar-refractivity contribution in [2.45, 2.75) is 32.7 Å². The summed E-state index contributed by atoms with van der Waals surface area (Å²) in [5.41, 5.74) is 0.888. The summed E-state index contributed by atoms with van der Waals surface area (Å²) in [6, 6.07) is -0.328. The molecular formula is C12H17NO3S. The summed E-state index contributed by atoms with van der Waals surface area (Å²) in [5.74, 6) is 0.495. The number of ether oxygens (including phenoxy) is 1. The Hall–Kier alpha value is -0.970. The van der Waals surface area contributed by atoms with Crippen LogP contribution >= 0.6 is 11.8 Å². The van der Waals surface area contributed by atoms with Crippen molar-refractivity contribution in [3.05, 3.63) is 10.6 Å². The van der Waals surface area contributed by atoms with Gasteiger partial charge in [-0.2, -0.15) is 0 Å². The maximum atomic E-state index is 12.0. The van der Waals surface area contributed by atoms with Gasteiger partial charge in [0.05, 0.1) is 12.0 Å². The van der Waals surface area contributed by atoms with Crippen molar-refractivity contribution in [1.29, 1.82) is 0 Å². The van der Waals surface area contributed by atoms with Gasteiger partial charge in [-0.25, -0.2) is 4.79 Å². The highest BCUT2D eigenvalue weighted by Gasteiger charge is 2.37. The Morgan fingerprint density at radius 3 is 2.82 bits per heavy atom. The molecule has 0 saturated heterocycles. The van der Waals surface area contributed by atoms with E-state index in [1.807, 2.05) is 0 Å². The Morgan fingerprint density at radius 1 is 1.47 bits per heavy atom. The number of ketones is 1. The quantitative estimate of drug-likeness (QED) is 0.719. The van der Waals surface area contributed by atoms with Crippen molar-refractivity contribution in [3.8, 4) is 0 Å². The highest BCUT2D eigenvalue weighted by atomic mass is 32.2. The van der Waals surface area contributed by atoms with Crippen molar-refractivity contribution in [2.75, 3.05) is 12.9 Å². The van der Waals surface area contributed by atoms with Gasteiger partial charge in [-0.3, -0.25) is 4.79 Å². The molecule has 17 heavy (non-hydrogen) atoms. The second-order valence-corrected chi connectivity index (χ2v) is 6.31. The molecule has 94 valence electrons. The molecule has 1 aliphatic carbocycles. The van der Waals surface area contributed by atoms with Crippen LogP contribution < -0.4 is 5.32 Å². The minimum absolute atomic E-state index is 0.0263. The third kappa shape index (κ3) is 2.49. The molecule has 1 unspecified atom stereocenters. The molecule has 0 radical (unpaired) electrons. The first-order valence-electron chi connectivity index (χ1n) is 5.66. The summed E-state index contributed by atoms with van der Waals surface area (Å²) in [6.45, 7) is 4.14. The maximum absolute atomic E-state index is 12.0. The SMILES string of the molecule is COC(=O)C1CSC2=C(CC(C)(C)CC2=O)N1. The number of hydrogen-bond donors (Lipinski definition) is 1. The average Bonchev–Trinajstić information content (AvgIpc) is 2.25. The Labute approximate surface area is 105 Å². The summed E-state index contributed by atoms with van der Waals surface area (Å²) in [4.78, 5) is 24.2. The van der Waals surface area contributed by atoms with Crippen LogP contribution in [-0.4, -0.2) is 30.7 Å². The van der Waals surface area contributed by atoms with Gasteiger partial charge in [-0.05, 0) is 11.8 Å². The van der Waals surface area contributed by atoms with E-state index in [2.05, 4.69) is 19.2 Å². The van der Waals surface area contributed by atoms with Crippen LogP contribution in [0.25, 0.3) is 0 Å². The van der Waals surface area contributed by atoms with Crippen molar-refractivity contribution >= 4 is 23.5 Å². The number of carbonyl (C=O) groups excluding carboxylic acids is 2. The molecule has 1 atom stereocenters. The molecule has 2 aliphatic rings. The number of thioether (sulfide) groups is 1. The van der Waals surface area contributed by atoms with Crippen LogP contribution in [0.4, 0.5) is 0 Å². The number of rotatable bonds is 1. The van der Waals surface area contributed by atoms with Crippen LogP contribution in [0.2, 0.25) is 0 Å². The first-order chi connectivity index (χ1) is 7.93. The van der Waals surface area contributed by atoms with E-state index in [1.54, 1.807) is 0 Å². The Morgan fingerprint density at radius 2 is 2.18 bits per heavy atom. The molecule has 0 amide bonds. The Kier molecular flexibility index (Phi) is 3.21. The first kappa shape index (κ1) is 12.5. The van der Waals surface area contributed by atoms with Crippen LogP contribution in [0.15, 0.2) is 10.6 Å². The third-order valence-corrected chi connectivity index (χ3v) is 4.31. The van der Waals surface area contributed by atoms with Crippen LogP contribution in [0.1, 0.15) is 26.7 Å². The molecule has 0 aromatic rings. The molecule has 0 aromatic heterocycles. The molecule has 0 bridgehead atoms. The maximum Gasteiger partial charge on any atom is 0.329 e. The van der Waals surface area contributed by atoms with Crippen LogP contribution in [-0.2, 0) is 14.3 Å². The molecule has 5 heteroatoms. The topological polar surface area (TPSA) is 55.4 Å². The molecule has 1 aliphatic heterocycles. The monoisotopic (exact) mass is 255 g/mol. The summed E-state index contributed by atoms with van der Waals surface area (Å²) >= 11 is 1.47. The number of Topliss-reactive ketones (excluding diaryl/α,β-unsaturated/α-hetero) is 1. The number of hydrogen-bond acceptors (Lipinski definition) is 5. The van der Waals surface area contributed by atoms with E-state index >= 15 is 0 Å². The number of allylic oxidation sites excluding steroid dienone is 2. The van der Waals surface area contributed by atoms with Gasteiger partial charge in [0, 0.05) is 17.9 Å². The fourth-order valence-electron chi connectivity index (χ4n) is 2.28. The zero-order valence-electron chi connectivity index (χ0n) is 10.3. The predicted octanol–water partition coefficient (Wildman–Crippen LogP) is 1.47. The largest absolute Gasteiger partial charge is 0.467 e. The second kappa shape index (κ2) is 4.37. The van der Waals surface area contributed by atoms with E-state index in [-0.39, 0.29) is 23.2 Å². The van der Waals surface area contributed by atoms with Gasteiger partial charge in [0.15, 0.2) is 5.78 Å². The first-order valence-corrected chi connectivity index (χ1v) is 6.65. The zero-order valence-corrected chi connectivity index (χ0v) is 11.1. The van der Waals surface area contributed by atoms with Gasteiger partial charge >= 0.3 is 5.97 Å². The minimum atomic E-state index is -0.328. The van der Waals surface area contributed by atoms with Crippen molar-refractivity contribution in [1.82, 2.24) is 5.32 Å². The number of nitrogens with one attached hydrogen (secondary N) is 1. The second-order valence-electron chi connectivity index (χ2n) is 5.28. The summed E-state index contributed by atoms with van der Waals surface area (Å²) in [6.07, 6.45) is 1.40. The summed E-state index contributed by atoms with van der Waals surface area (Å²) < 4.78 is 4.73. The minimum Gasteiger partial charge on any atom is -0.467 e. The zero-order chi connectivity index (χ0) is 12.6. The van der Waals surface area contributed by atoms with E-state index in [4.69, 9.17) is 4.74 Å². The van der Waals surface area contributed by atoms with Crippen molar-refractivity contribution in [2.24, 2.45) is 5.41 Å². The van der Waals surface area contributed by atoms with Crippen LogP contribution in [0, 0.1) is 5.41 Å². The highest BCUT2D eigenvalue weighted by molar-refractivity contribution is 8.04. The molecule has 0 spiro atoms. The number of carbonyl (C=O) groups is 2. The van der Waals surface area contributed by atoms with Crippen molar-refractivity contribution < 1.29 is 14.3 Å². The van der Waals surface area contributed by atoms with Gasteiger partial charge in [-0.15, -0.1) is 11.8 Å². The van der Waals surface area contributed by atoms with Gasteiger partial charge in [0.25, 0.3) is 0 Å². The van der Waals surface area contributed by atoms with E-state index in [0.717, 1.165) is 17.0 Å². The fraction of sp³-hybridized carbons (Fsp3) is 0.667. The lowest BCUT2D eigenvalue weighted by Gasteiger charge is -2.36. The highest BCUT2D eigenvalue weighted by Crippen LogP contribution is 2.41. The Bertz CT molecular complexity index is 401. The molecule has 1 N–H and O–H groups in total. The number of methoxy groups -OCH3 is 1. The normalized spacial score (nSPS) is 27.2. The summed E-state index contributed by atoms with van der Waals surface area (Å²) in [5, 5.41) is 3.16. The van der Waals surface area contributed by atoms with Crippen LogP contribution in [0.3, 0.4) is 0 Å². The van der Waals surface area contributed by atoms with Crippen LogP contribution in [0.5, 0.6) is 0 Å². The van der Waals surface area contributed by atoms with E-state index in [1.165, 1.54) is 18.9 Å². The molecule has 0 aromatic carbocycles. The molecule has 1 heterocycles. The van der Waals surface area contributed by atoms with Gasteiger partial charge < -0.3 is 10.1 Å². The predicted molar refractivity (Wildman–Crippen MR) is 66.4 cm³/mol. The lowest BCUT2D eigenvalue weighted by atomic mass is 9.78. The van der Waals surface area contributed by atoms with E-state index < -0.39 is 0 Å². The van der Waals surface area contributed by atoms with E-state index in [9.17, 15) is 9.59 Å². The molecule has 0 saturated carbocycles. The summed E-state index contributed by atoms with van der Waals surface area (Å²) in [7, 11) is 1.38. The molecular weight excluding hydrogens is 238 g/mol. The van der Waals surface area contributed by atoms with Gasteiger partial charge in [0.2, 0.25) is 0 Å². The molecule has 0 fully saturated rings. The lowest BCUT2D eigenvalue weighted by Crippen LogP contribution is -2.45. The molecule has 2 rings (SSSR count). The van der Waals surface area contributed by atoms with Crippen molar-refractivity contribution in [3.63, 3.8) is 0 Å². The van der Waals surface area contributed by atoms with E-state index in [0.29, 0.717) is 12.2 Å². The van der Waals surface area contributed by atoms with Gasteiger partial charge in [-0.1, -0.05) is 13.8 Å². The fourth-order valence-corrected chi connectivity index (χ4v) is 3.37. The molecule has 4 nitrogen and oxygen atoms in total. The number of esters is 1. The lowest BCUT2D eigenvalue weighted by molar-refractivity contribution is -0.142. The average molecular weight is 255 g/mol. The standard InChI is InChI=1S/C12H17NO3S/c1-12(2)4-7-10(9(14)5-12)17-6-8(13-7)11(15)16-3/h8,13H,4-6H2,1-3H3. The Balaban J connectivity index is 2.20.